The minimum Gasteiger partial charge on any atom is -0.457 e. The fourth-order valence-electron chi connectivity index (χ4n) is 4.03. The minimum absolute atomic E-state index is 0.597. The van der Waals surface area contributed by atoms with Gasteiger partial charge in [0.25, 0.3) is 0 Å². The lowest BCUT2D eigenvalue weighted by atomic mass is 10.2. The number of rotatable bonds is 5. The summed E-state index contributed by atoms with van der Waals surface area (Å²) < 4.78 is 11.4. The highest BCUT2D eigenvalue weighted by atomic mass is 16.5. The highest BCUT2D eigenvalue weighted by Gasteiger charge is 2.30. The van der Waals surface area contributed by atoms with Crippen LogP contribution in [-0.2, 0) is 11.3 Å². The summed E-state index contributed by atoms with van der Waals surface area (Å²) in [4.78, 5) is 9.43. The van der Waals surface area contributed by atoms with Crippen LogP contribution in [0.15, 0.2) is 59.6 Å². The van der Waals surface area contributed by atoms with Crippen molar-refractivity contribution in [1.82, 2.24) is 15.1 Å². The predicted molar refractivity (Wildman–Crippen MR) is 116 cm³/mol. The highest BCUT2D eigenvalue weighted by molar-refractivity contribution is 5.80. The Morgan fingerprint density at radius 3 is 2.66 bits per heavy atom. The van der Waals surface area contributed by atoms with E-state index in [9.17, 15) is 0 Å². The Bertz CT molecular complexity index is 806. The highest BCUT2D eigenvalue weighted by Crippen LogP contribution is 2.22. The molecule has 2 saturated heterocycles. The molecule has 0 bridgehead atoms. The quantitative estimate of drug-likeness (QED) is 0.624. The Labute approximate surface area is 173 Å². The second kappa shape index (κ2) is 9.76. The molecule has 6 heteroatoms. The van der Waals surface area contributed by atoms with Gasteiger partial charge in [0, 0.05) is 45.8 Å². The van der Waals surface area contributed by atoms with Crippen molar-refractivity contribution in [2.24, 2.45) is 4.99 Å². The molecule has 1 N–H and O–H groups in total. The third kappa shape index (κ3) is 5.28. The topological polar surface area (TPSA) is 49.3 Å². The zero-order chi connectivity index (χ0) is 19.9. The number of guanidine groups is 1. The Morgan fingerprint density at radius 2 is 1.86 bits per heavy atom. The lowest BCUT2D eigenvalue weighted by Crippen LogP contribution is -2.46. The van der Waals surface area contributed by atoms with E-state index in [0.29, 0.717) is 6.04 Å². The van der Waals surface area contributed by atoms with Gasteiger partial charge < -0.3 is 19.7 Å². The van der Waals surface area contributed by atoms with E-state index < -0.39 is 0 Å². The number of benzene rings is 2. The molecule has 1 atom stereocenters. The standard InChI is InChI=1S/C23H30N4O2/c1-24-23(27-11-10-20(18-27)26-12-14-28-15-13-26)25-17-19-6-5-9-22(16-19)29-21-7-3-2-4-8-21/h2-9,16,20H,10-15,17-18H2,1H3,(H,24,25). The molecule has 1 unspecified atom stereocenters. The second-order valence-corrected chi connectivity index (χ2v) is 7.50. The van der Waals surface area contributed by atoms with Gasteiger partial charge in [0.05, 0.1) is 13.2 Å². The number of ether oxygens (including phenoxy) is 2. The molecule has 154 valence electrons. The molecule has 2 aliphatic heterocycles. The molecule has 2 aromatic rings. The number of hydrogen-bond donors (Lipinski definition) is 1. The van der Waals surface area contributed by atoms with Crippen LogP contribution >= 0.6 is 0 Å². The summed E-state index contributed by atoms with van der Waals surface area (Å²) in [6.07, 6.45) is 1.18. The summed E-state index contributed by atoms with van der Waals surface area (Å²) in [7, 11) is 1.86. The average Bonchev–Trinajstić information content (AvgIpc) is 3.26. The zero-order valence-electron chi connectivity index (χ0n) is 17.1. The van der Waals surface area contributed by atoms with Crippen LogP contribution in [0.4, 0.5) is 0 Å². The molecule has 2 fully saturated rings. The van der Waals surface area contributed by atoms with Gasteiger partial charge in [-0.05, 0) is 36.2 Å². The number of morpholine rings is 1. The van der Waals surface area contributed by atoms with E-state index in [4.69, 9.17) is 9.47 Å². The summed E-state index contributed by atoms with van der Waals surface area (Å²) >= 11 is 0. The summed E-state index contributed by atoms with van der Waals surface area (Å²) in [6.45, 7) is 6.57. The number of aliphatic imine (C=N–C) groups is 1. The number of hydrogen-bond acceptors (Lipinski definition) is 4. The van der Waals surface area contributed by atoms with Gasteiger partial charge in [-0.2, -0.15) is 0 Å². The van der Waals surface area contributed by atoms with Gasteiger partial charge in [0.1, 0.15) is 11.5 Å². The number of nitrogens with one attached hydrogen (secondary N) is 1. The lowest BCUT2D eigenvalue weighted by Gasteiger charge is -2.32. The van der Waals surface area contributed by atoms with Crippen LogP contribution in [0.3, 0.4) is 0 Å². The van der Waals surface area contributed by atoms with E-state index >= 15 is 0 Å². The molecule has 0 aromatic heterocycles. The Hall–Kier alpha value is -2.57. The molecule has 29 heavy (non-hydrogen) atoms. The van der Waals surface area contributed by atoms with Crippen LogP contribution in [0.2, 0.25) is 0 Å². The van der Waals surface area contributed by atoms with Gasteiger partial charge in [-0.1, -0.05) is 30.3 Å². The minimum atomic E-state index is 0.597. The smallest absolute Gasteiger partial charge is 0.193 e. The molecule has 2 aliphatic rings. The third-order valence-electron chi connectivity index (χ3n) is 5.56. The van der Waals surface area contributed by atoms with E-state index in [1.165, 1.54) is 12.0 Å². The predicted octanol–water partition coefficient (Wildman–Crippen LogP) is 2.96. The van der Waals surface area contributed by atoms with Gasteiger partial charge in [-0.3, -0.25) is 9.89 Å². The Morgan fingerprint density at radius 1 is 1.07 bits per heavy atom. The summed E-state index contributed by atoms with van der Waals surface area (Å²) in [5.41, 5.74) is 1.17. The maximum atomic E-state index is 5.95. The van der Waals surface area contributed by atoms with Crippen molar-refractivity contribution in [2.75, 3.05) is 46.4 Å². The first-order valence-electron chi connectivity index (χ1n) is 10.4. The molecular formula is C23H30N4O2. The van der Waals surface area contributed by atoms with E-state index in [1.54, 1.807) is 0 Å². The van der Waals surface area contributed by atoms with Crippen molar-refractivity contribution in [3.8, 4) is 11.5 Å². The SMILES string of the molecule is CN=C(NCc1cccc(Oc2ccccc2)c1)N1CCC(N2CCOCC2)C1. The van der Waals surface area contributed by atoms with Gasteiger partial charge in [-0.25, -0.2) is 0 Å². The van der Waals surface area contributed by atoms with E-state index in [1.807, 2.05) is 49.5 Å². The van der Waals surface area contributed by atoms with Crippen molar-refractivity contribution in [3.63, 3.8) is 0 Å². The maximum Gasteiger partial charge on any atom is 0.193 e. The molecule has 6 nitrogen and oxygen atoms in total. The van der Waals surface area contributed by atoms with Gasteiger partial charge in [-0.15, -0.1) is 0 Å². The summed E-state index contributed by atoms with van der Waals surface area (Å²) in [5.74, 6) is 2.66. The molecule has 0 aliphatic carbocycles. The van der Waals surface area contributed by atoms with Crippen LogP contribution < -0.4 is 10.1 Å². The first-order chi connectivity index (χ1) is 14.3. The van der Waals surface area contributed by atoms with Crippen LogP contribution in [-0.4, -0.2) is 68.2 Å². The first-order valence-corrected chi connectivity index (χ1v) is 10.4. The van der Waals surface area contributed by atoms with Crippen molar-refractivity contribution in [3.05, 3.63) is 60.2 Å². The van der Waals surface area contributed by atoms with Crippen LogP contribution in [0.5, 0.6) is 11.5 Å². The molecule has 0 saturated carbocycles. The fourth-order valence-corrected chi connectivity index (χ4v) is 4.03. The van der Waals surface area contributed by atoms with Gasteiger partial charge >= 0.3 is 0 Å². The Balaban J connectivity index is 1.31. The second-order valence-electron chi connectivity index (χ2n) is 7.50. The molecule has 2 heterocycles. The van der Waals surface area contributed by atoms with Crippen molar-refractivity contribution < 1.29 is 9.47 Å². The van der Waals surface area contributed by atoms with Gasteiger partial charge in [0.15, 0.2) is 5.96 Å². The van der Waals surface area contributed by atoms with Crippen molar-refractivity contribution in [1.29, 1.82) is 0 Å². The monoisotopic (exact) mass is 394 g/mol. The van der Waals surface area contributed by atoms with E-state index in [-0.39, 0.29) is 0 Å². The third-order valence-corrected chi connectivity index (χ3v) is 5.56. The average molecular weight is 395 g/mol. The van der Waals surface area contributed by atoms with E-state index in [0.717, 1.165) is 63.4 Å². The zero-order valence-corrected chi connectivity index (χ0v) is 17.1. The van der Waals surface area contributed by atoms with Gasteiger partial charge in [0.2, 0.25) is 0 Å². The number of nitrogens with zero attached hydrogens (tertiary/aromatic N) is 3. The van der Waals surface area contributed by atoms with Crippen LogP contribution in [0.1, 0.15) is 12.0 Å². The molecule has 0 amide bonds. The Kier molecular flexibility index (Phi) is 6.64. The first kappa shape index (κ1) is 19.7. The number of likely N-dealkylation sites (tertiary alicyclic amines) is 1. The van der Waals surface area contributed by atoms with Crippen molar-refractivity contribution >= 4 is 5.96 Å². The lowest BCUT2D eigenvalue weighted by molar-refractivity contribution is 0.0195. The number of para-hydroxylation sites is 1. The fraction of sp³-hybridized carbons (Fsp3) is 0.435. The maximum absolute atomic E-state index is 5.95. The van der Waals surface area contributed by atoms with Crippen LogP contribution in [0, 0.1) is 0 Å². The summed E-state index contributed by atoms with van der Waals surface area (Å²) in [5, 5.41) is 3.52. The van der Waals surface area contributed by atoms with Crippen LogP contribution in [0.25, 0.3) is 0 Å². The molecule has 4 rings (SSSR count). The summed E-state index contributed by atoms with van der Waals surface area (Å²) in [6, 6.07) is 18.7. The largest absolute Gasteiger partial charge is 0.457 e. The molecule has 0 spiro atoms. The molecule has 0 radical (unpaired) electrons. The normalized spacial score (nSPS) is 20.7. The van der Waals surface area contributed by atoms with Crippen molar-refractivity contribution in [2.45, 2.75) is 19.0 Å². The molecular weight excluding hydrogens is 364 g/mol. The van der Waals surface area contributed by atoms with E-state index in [2.05, 4.69) is 32.2 Å². The molecule has 2 aromatic carbocycles.